The molecule has 0 amide bonds. The largest absolute Gasteiger partial charge is 0.391 e. The maximum absolute atomic E-state index is 9.82. The predicted molar refractivity (Wildman–Crippen MR) is 62.9 cm³/mol. The first-order chi connectivity index (χ1) is 7.43. The van der Waals surface area contributed by atoms with E-state index in [0.29, 0.717) is 18.1 Å². The van der Waals surface area contributed by atoms with E-state index in [-0.39, 0.29) is 5.41 Å². The number of anilines is 1. The third-order valence-corrected chi connectivity index (χ3v) is 2.34. The minimum atomic E-state index is -0.458. The van der Waals surface area contributed by atoms with Crippen LogP contribution in [0.3, 0.4) is 0 Å². The van der Waals surface area contributed by atoms with Gasteiger partial charge in [-0.05, 0) is 17.5 Å². The Kier molecular flexibility index (Phi) is 3.86. The molecule has 2 N–H and O–H groups in total. The first kappa shape index (κ1) is 12.5. The highest BCUT2D eigenvalue weighted by molar-refractivity contribution is 5.38. The van der Waals surface area contributed by atoms with Crippen molar-refractivity contribution < 1.29 is 5.11 Å². The summed E-state index contributed by atoms with van der Waals surface area (Å²) in [6.07, 6.45) is -0.458. The molecule has 1 unspecified atom stereocenters. The molecule has 1 atom stereocenters. The summed E-state index contributed by atoms with van der Waals surface area (Å²) in [6.45, 7) is 6.33. The number of aliphatic hydroxyl groups excluding tert-OH is 1. The number of aliphatic hydroxyl groups is 1. The van der Waals surface area contributed by atoms with Crippen molar-refractivity contribution in [2.24, 2.45) is 5.41 Å². The van der Waals surface area contributed by atoms with Gasteiger partial charge in [0.05, 0.1) is 6.10 Å². The molecule has 0 aliphatic carbocycles. The van der Waals surface area contributed by atoms with Crippen LogP contribution in [-0.2, 0) is 0 Å². The molecule has 1 rings (SSSR count). The maximum Gasteiger partial charge on any atom is 0.142 e. The van der Waals surface area contributed by atoms with Crippen LogP contribution in [0.5, 0.6) is 0 Å². The highest BCUT2D eigenvalue weighted by Gasteiger charge is 2.21. The normalized spacial score (nSPS) is 12.9. The first-order valence-electron chi connectivity index (χ1n) is 5.22. The molecule has 1 heterocycles. The quantitative estimate of drug-likeness (QED) is 0.813. The molecule has 0 aromatic carbocycles. The molecule has 0 fully saturated rings. The summed E-state index contributed by atoms with van der Waals surface area (Å²) in [5, 5.41) is 21.5. The lowest BCUT2D eigenvalue weighted by Gasteiger charge is -2.26. The van der Waals surface area contributed by atoms with Gasteiger partial charge in [-0.25, -0.2) is 4.98 Å². The van der Waals surface area contributed by atoms with E-state index in [4.69, 9.17) is 5.26 Å². The van der Waals surface area contributed by atoms with Gasteiger partial charge in [0, 0.05) is 6.54 Å². The Bertz CT molecular complexity index is 390. The second-order valence-electron chi connectivity index (χ2n) is 4.78. The highest BCUT2D eigenvalue weighted by atomic mass is 16.3. The molecule has 0 bridgehead atoms. The van der Waals surface area contributed by atoms with E-state index in [1.54, 1.807) is 18.2 Å². The molecule has 4 nitrogen and oxygen atoms in total. The summed E-state index contributed by atoms with van der Waals surface area (Å²) in [5.74, 6) is 0.613. The Hall–Kier alpha value is -1.60. The topological polar surface area (TPSA) is 68.9 Å². The summed E-state index contributed by atoms with van der Waals surface area (Å²) >= 11 is 0. The summed E-state index contributed by atoms with van der Waals surface area (Å²) < 4.78 is 0. The third-order valence-electron chi connectivity index (χ3n) is 2.34. The van der Waals surface area contributed by atoms with Gasteiger partial charge in [0.2, 0.25) is 0 Å². The van der Waals surface area contributed by atoms with Gasteiger partial charge in [0.25, 0.3) is 0 Å². The van der Waals surface area contributed by atoms with E-state index in [9.17, 15) is 5.11 Å². The Morgan fingerprint density at radius 2 is 2.19 bits per heavy atom. The van der Waals surface area contributed by atoms with Crippen molar-refractivity contribution in [3.8, 4) is 6.07 Å². The lowest BCUT2D eigenvalue weighted by molar-refractivity contribution is 0.0745. The Balaban J connectivity index is 2.59. The zero-order valence-corrected chi connectivity index (χ0v) is 9.86. The first-order valence-corrected chi connectivity index (χ1v) is 5.22. The van der Waals surface area contributed by atoms with Crippen molar-refractivity contribution in [3.05, 3.63) is 23.9 Å². The molecule has 0 saturated heterocycles. The lowest BCUT2D eigenvalue weighted by Crippen LogP contribution is -2.33. The van der Waals surface area contributed by atoms with E-state index in [1.165, 1.54) is 0 Å². The van der Waals surface area contributed by atoms with Gasteiger partial charge in [0.15, 0.2) is 0 Å². The van der Waals surface area contributed by atoms with Crippen LogP contribution in [0.1, 0.15) is 26.5 Å². The molecule has 1 aromatic rings. The van der Waals surface area contributed by atoms with Crippen LogP contribution in [-0.4, -0.2) is 22.7 Å². The molecule has 16 heavy (non-hydrogen) atoms. The summed E-state index contributed by atoms with van der Waals surface area (Å²) in [4.78, 5) is 4.06. The van der Waals surface area contributed by atoms with Crippen LogP contribution >= 0.6 is 0 Å². The van der Waals surface area contributed by atoms with Gasteiger partial charge >= 0.3 is 0 Å². The fourth-order valence-electron chi connectivity index (χ4n) is 1.10. The molecule has 0 aliphatic rings. The number of aromatic nitrogens is 1. The molecule has 4 heteroatoms. The Morgan fingerprint density at radius 1 is 1.50 bits per heavy atom. The number of nitriles is 1. The SMILES string of the molecule is CC(C)(C)C(O)CNc1cccc(C#N)n1. The van der Waals surface area contributed by atoms with Gasteiger partial charge in [-0.15, -0.1) is 0 Å². The van der Waals surface area contributed by atoms with Crippen LogP contribution < -0.4 is 5.32 Å². The minimum absolute atomic E-state index is 0.167. The fraction of sp³-hybridized carbons (Fsp3) is 0.500. The number of pyridine rings is 1. The van der Waals surface area contributed by atoms with E-state index < -0.39 is 6.10 Å². The number of hydrogen-bond acceptors (Lipinski definition) is 4. The van der Waals surface area contributed by atoms with Crippen molar-refractivity contribution >= 4 is 5.82 Å². The van der Waals surface area contributed by atoms with Crippen molar-refractivity contribution in [2.45, 2.75) is 26.9 Å². The van der Waals surface area contributed by atoms with Gasteiger partial charge in [0.1, 0.15) is 17.6 Å². The standard InChI is InChI=1S/C12H17N3O/c1-12(2,3)10(16)8-14-11-6-4-5-9(7-13)15-11/h4-6,10,16H,8H2,1-3H3,(H,14,15). The van der Waals surface area contributed by atoms with E-state index in [0.717, 1.165) is 0 Å². The zero-order valence-electron chi connectivity index (χ0n) is 9.86. The van der Waals surface area contributed by atoms with Crippen molar-refractivity contribution in [1.29, 1.82) is 5.26 Å². The van der Waals surface area contributed by atoms with Gasteiger partial charge in [-0.3, -0.25) is 0 Å². The van der Waals surface area contributed by atoms with Crippen molar-refractivity contribution in [1.82, 2.24) is 4.98 Å². The fourth-order valence-corrected chi connectivity index (χ4v) is 1.10. The van der Waals surface area contributed by atoms with Gasteiger partial charge < -0.3 is 10.4 Å². The van der Waals surface area contributed by atoms with Crippen LogP contribution in [0.2, 0.25) is 0 Å². The van der Waals surface area contributed by atoms with Crippen LogP contribution in [0.15, 0.2) is 18.2 Å². The average Bonchev–Trinajstić information content (AvgIpc) is 2.25. The van der Waals surface area contributed by atoms with E-state index >= 15 is 0 Å². The van der Waals surface area contributed by atoms with Crippen LogP contribution in [0.4, 0.5) is 5.82 Å². The van der Waals surface area contributed by atoms with Crippen LogP contribution in [0, 0.1) is 16.7 Å². The van der Waals surface area contributed by atoms with E-state index in [1.807, 2.05) is 26.8 Å². The number of hydrogen-bond donors (Lipinski definition) is 2. The smallest absolute Gasteiger partial charge is 0.142 e. The van der Waals surface area contributed by atoms with Gasteiger partial charge in [-0.2, -0.15) is 5.26 Å². The monoisotopic (exact) mass is 219 g/mol. The molecule has 1 aromatic heterocycles. The number of rotatable bonds is 3. The van der Waals surface area contributed by atoms with Crippen molar-refractivity contribution in [2.75, 3.05) is 11.9 Å². The molecule has 0 aliphatic heterocycles. The van der Waals surface area contributed by atoms with E-state index in [2.05, 4.69) is 10.3 Å². The molecule has 0 spiro atoms. The van der Waals surface area contributed by atoms with Crippen molar-refractivity contribution in [3.63, 3.8) is 0 Å². The molecule has 0 saturated carbocycles. The Morgan fingerprint density at radius 3 is 2.75 bits per heavy atom. The molecular formula is C12H17N3O. The lowest BCUT2D eigenvalue weighted by atomic mass is 9.89. The number of nitrogens with one attached hydrogen (secondary N) is 1. The summed E-state index contributed by atoms with van der Waals surface area (Å²) in [7, 11) is 0. The molecular weight excluding hydrogens is 202 g/mol. The minimum Gasteiger partial charge on any atom is -0.391 e. The second kappa shape index (κ2) is 4.95. The summed E-state index contributed by atoms with van der Waals surface area (Å²) in [5.41, 5.74) is 0.204. The van der Waals surface area contributed by atoms with Gasteiger partial charge in [-0.1, -0.05) is 26.8 Å². The van der Waals surface area contributed by atoms with Crippen LogP contribution in [0.25, 0.3) is 0 Å². The highest BCUT2D eigenvalue weighted by Crippen LogP contribution is 2.19. The molecule has 0 radical (unpaired) electrons. The maximum atomic E-state index is 9.82. The average molecular weight is 219 g/mol. The summed E-state index contributed by atoms with van der Waals surface area (Å²) in [6, 6.07) is 7.15. The third kappa shape index (κ3) is 3.52. The Labute approximate surface area is 95.9 Å². The molecule has 86 valence electrons. The zero-order chi connectivity index (χ0) is 12.2. The second-order valence-corrected chi connectivity index (χ2v) is 4.78. The predicted octanol–water partition coefficient (Wildman–Crippen LogP) is 1.77. The number of nitrogens with zero attached hydrogens (tertiary/aromatic N) is 2.